The zero-order chi connectivity index (χ0) is 18.8. The summed E-state index contributed by atoms with van der Waals surface area (Å²) in [6.45, 7) is 2.04. The number of halogens is 2. The molecule has 0 aliphatic heterocycles. The highest BCUT2D eigenvalue weighted by atomic mass is 79.9. The molecule has 1 aromatic heterocycles. The Kier molecular flexibility index (Phi) is 3.96. The number of carbonyl (C=O) groups excluding carboxylic acids is 1. The number of nitrogens with zero attached hydrogens (tertiary/aromatic N) is 3. The highest BCUT2D eigenvalue weighted by Crippen LogP contribution is 2.64. The van der Waals surface area contributed by atoms with Gasteiger partial charge in [0.1, 0.15) is 6.33 Å². The molecule has 1 amide bonds. The molecule has 4 aliphatic carbocycles. The van der Waals surface area contributed by atoms with Gasteiger partial charge in [0.15, 0.2) is 0 Å². The molecule has 1 N–H and O–H groups in total. The zero-order valence-corrected chi connectivity index (χ0v) is 17.6. The third kappa shape index (κ3) is 2.83. The lowest BCUT2D eigenvalue weighted by Crippen LogP contribution is -2.60. The van der Waals surface area contributed by atoms with E-state index < -0.39 is 0 Å². The number of carbonyl (C=O) groups is 1. The second kappa shape index (κ2) is 6.05. The Balaban J connectivity index is 1.47. The van der Waals surface area contributed by atoms with Gasteiger partial charge in [0.2, 0.25) is 11.2 Å². The number of aryl methyl sites for hydroxylation is 1. The summed E-state index contributed by atoms with van der Waals surface area (Å²) >= 11 is 9.59. The van der Waals surface area contributed by atoms with E-state index in [2.05, 4.69) is 31.3 Å². The van der Waals surface area contributed by atoms with Gasteiger partial charge >= 0.3 is 0 Å². The van der Waals surface area contributed by atoms with Crippen molar-refractivity contribution in [3.05, 3.63) is 39.8 Å². The van der Waals surface area contributed by atoms with Crippen LogP contribution in [-0.4, -0.2) is 20.7 Å². The van der Waals surface area contributed by atoms with Crippen LogP contribution in [0, 0.1) is 24.2 Å². The maximum Gasteiger partial charge on any atom is 0.242 e. The number of aromatic nitrogens is 3. The lowest BCUT2D eigenvalue weighted by molar-refractivity contribution is -0.150. The second-order valence-electron chi connectivity index (χ2n) is 8.86. The molecule has 4 bridgehead atoms. The molecule has 0 saturated heterocycles. The van der Waals surface area contributed by atoms with Crippen LogP contribution in [-0.2, 0) is 10.3 Å². The Labute approximate surface area is 172 Å². The molecule has 4 atom stereocenters. The van der Waals surface area contributed by atoms with Gasteiger partial charge in [-0.25, -0.2) is 9.67 Å². The van der Waals surface area contributed by atoms with Crippen LogP contribution in [0.3, 0.4) is 0 Å². The number of hydrogen-bond acceptors (Lipinski definition) is 3. The predicted octanol–water partition coefficient (Wildman–Crippen LogP) is 4.94. The molecular formula is C20H22BrClN4O. The molecule has 7 heteroatoms. The van der Waals surface area contributed by atoms with Crippen molar-refractivity contribution in [2.75, 3.05) is 5.32 Å². The molecule has 4 aliphatic rings. The lowest BCUT2D eigenvalue weighted by atomic mass is 9.46. The van der Waals surface area contributed by atoms with Crippen LogP contribution < -0.4 is 5.32 Å². The summed E-state index contributed by atoms with van der Waals surface area (Å²) in [6, 6.07) is 6.04. The van der Waals surface area contributed by atoms with E-state index in [1.807, 2.05) is 29.8 Å². The fourth-order valence-electron chi connectivity index (χ4n) is 6.20. The summed E-state index contributed by atoms with van der Waals surface area (Å²) < 4.78 is 2.88. The SMILES string of the molecule is Cc1ccc(NC(=O)C23C[C@H]4C[C@@H](C2)CC(n2cnc(Cl)n2)(C4)C3)c(Br)c1. The summed E-state index contributed by atoms with van der Waals surface area (Å²) in [5.41, 5.74) is 1.56. The molecule has 1 aromatic carbocycles. The van der Waals surface area contributed by atoms with Crippen LogP contribution >= 0.6 is 27.5 Å². The average molecular weight is 450 g/mol. The first-order valence-electron chi connectivity index (χ1n) is 9.53. The van der Waals surface area contributed by atoms with Crippen LogP contribution in [0.2, 0.25) is 5.28 Å². The molecule has 5 nitrogen and oxygen atoms in total. The summed E-state index contributed by atoms with van der Waals surface area (Å²) in [5.74, 6) is 1.29. The molecule has 1 heterocycles. The smallest absolute Gasteiger partial charge is 0.242 e. The van der Waals surface area contributed by atoms with Crippen molar-refractivity contribution < 1.29 is 4.79 Å². The summed E-state index contributed by atoms with van der Waals surface area (Å²) in [4.78, 5) is 17.6. The zero-order valence-electron chi connectivity index (χ0n) is 15.2. The number of amides is 1. The average Bonchev–Trinajstić information content (AvgIpc) is 3.03. The largest absolute Gasteiger partial charge is 0.325 e. The van der Waals surface area contributed by atoms with E-state index in [9.17, 15) is 4.79 Å². The fourth-order valence-corrected chi connectivity index (χ4v) is 6.91. The van der Waals surface area contributed by atoms with Gasteiger partial charge < -0.3 is 5.32 Å². The minimum Gasteiger partial charge on any atom is -0.325 e. The quantitative estimate of drug-likeness (QED) is 0.722. The first-order valence-corrected chi connectivity index (χ1v) is 10.7. The minimum absolute atomic E-state index is 0.119. The van der Waals surface area contributed by atoms with E-state index >= 15 is 0 Å². The fraction of sp³-hybridized carbons (Fsp3) is 0.550. The van der Waals surface area contributed by atoms with Gasteiger partial charge in [0.05, 0.1) is 16.6 Å². The standard InChI is InChI=1S/C20H22BrClN4O/c1-12-2-3-16(15(21)4-12)24-17(27)19-6-13-5-14(7-19)9-20(8-13,10-19)26-11-23-18(22)25-26/h2-4,11,13-14H,5-10H2,1H3,(H,24,27)/t13-,14+,19?,20?. The van der Waals surface area contributed by atoms with Crippen LogP contribution in [0.15, 0.2) is 29.0 Å². The predicted molar refractivity (Wildman–Crippen MR) is 108 cm³/mol. The Bertz CT molecular complexity index is 912. The second-order valence-corrected chi connectivity index (χ2v) is 10.1. The van der Waals surface area contributed by atoms with Gasteiger partial charge in [-0.3, -0.25) is 4.79 Å². The van der Waals surface area contributed by atoms with Gasteiger partial charge in [-0.1, -0.05) is 6.07 Å². The molecular weight excluding hydrogens is 428 g/mol. The van der Waals surface area contributed by atoms with Crippen molar-refractivity contribution in [2.45, 2.75) is 51.0 Å². The van der Waals surface area contributed by atoms with Crippen LogP contribution in [0.25, 0.3) is 0 Å². The highest BCUT2D eigenvalue weighted by molar-refractivity contribution is 9.10. The summed E-state index contributed by atoms with van der Waals surface area (Å²) in [5, 5.41) is 7.93. The normalized spacial score (nSPS) is 34.0. The Morgan fingerprint density at radius 3 is 2.67 bits per heavy atom. The van der Waals surface area contributed by atoms with Crippen LogP contribution in [0.5, 0.6) is 0 Å². The number of nitrogens with one attached hydrogen (secondary N) is 1. The number of benzene rings is 1. The molecule has 4 fully saturated rings. The summed E-state index contributed by atoms with van der Waals surface area (Å²) in [7, 11) is 0. The van der Waals surface area contributed by atoms with Crippen molar-refractivity contribution in [3.63, 3.8) is 0 Å². The van der Waals surface area contributed by atoms with E-state index in [1.165, 1.54) is 6.42 Å². The molecule has 6 rings (SSSR count). The Hall–Kier alpha value is -1.40. The number of hydrogen-bond donors (Lipinski definition) is 1. The van der Waals surface area contributed by atoms with E-state index in [-0.39, 0.29) is 22.1 Å². The van der Waals surface area contributed by atoms with E-state index in [0.717, 1.165) is 47.8 Å². The van der Waals surface area contributed by atoms with Gasteiger partial charge in [-0.2, -0.15) is 0 Å². The van der Waals surface area contributed by atoms with Crippen molar-refractivity contribution in [1.82, 2.24) is 14.8 Å². The van der Waals surface area contributed by atoms with Crippen molar-refractivity contribution in [2.24, 2.45) is 17.3 Å². The van der Waals surface area contributed by atoms with E-state index in [4.69, 9.17) is 11.6 Å². The molecule has 2 aromatic rings. The van der Waals surface area contributed by atoms with Crippen LogP contribution in [0.4, 0.5) is 5.69 Å². The van der Waals surface area contributed by atoms with Crippen molar-refractivity contribution >= 4 is 39.1 Å². The molecule has 27 heavy (non-hydrogen) atoms. The van der Waals surface area contributed by atoms with Crippen LogP contribution in [0.1, 0.15) is 44.1 Å². The van der Waals surface area contributed by atoms with Gasteiger partial charge in [-0.15, -0.1) is 5.10 Å². The number of anilines is 1. The maximum atomic E-state index is 13.5. The Morgan fingerprint density at radius 1 is 1.30 bits per heavy atom. The molecule has 142 valence electrons. The van der Waals surface area contributed by atoms with E-state index in [1.54, 1.807) is 6.33 Å². The molecule has 0 spiro atoms. The van der Waals surface area contributed by atoms with E-state index in [0.29, 0.717) is 11.8 Å². The monoisotopic (exact) mass is 448 g/mol. The molecule has 4 saturated carbocycles. The first-order chi connectivity index (χ1) is 12.9. The first kappa shape index (κ1) is 17.7. The molecule has 2 unspecified atom stereocenters. The van der Waals surface area contributed by atoms with Gasteiger partial charge in [-0.05, 0) is 103 Å². The highest BCUT2D eigenvalue weighted by Gasteiger charge is 2.61. The van der Waals surface area contributed by atoms with Crippen molar-refractivity contribution in [3.8, 4) is 0 Å². The van der Waals surface area contributed by atoms with Gasteiger partial charge in [0, 0.05) is 4.47 Å². The third-order valence-corrected chi connectivity index (χ3v) is 7.66. The lowest BCUT2D eigenvalue weighted by Gasteiger charge is -2.60. The maximum absolute atomic E-state index is 13.5. The third-order valence-electron chi connectivity index (χ3n) is 6.83. The molecule has 0 radical (unpaired) electrons. The summed E-state index contributed by atoms with van der Waals surface area (Å²) in [6.07, 6.45) is 7.90. The van der Waals surface area contributed by atoms with Crippen molar-refractivity contribution in [1.29, 1.82) is 0 Å². The number of rotatable bonds is 3. The minimum atomic E-state index is -0.327. The van der Waals surface area contributed by atoms with Gasteiger partial charge in [0.25, 0.3) is 0 Å². The topological polar surface area (TPSA) is 59.8 Å². The Morgan fingerprint density at radius 2 is 2.04 bits per heavy atom.